The molecule has 3 aromatic rings. The summed E-state index contributed by atoms with van der Waals surface area (Å²) in [6.07, 6.45) is 0.679. The van der Waals surface area contributed by atoms with Crippen LogP contribution >= 0.6 is 11.6 Å². The number of fused-ring (bicyclic) bond motifs is 1. The van der Waals surface area contributed by atoms with Gasteiger partial charge in [-0.15, -0.1) is 5.10 Å². The molecule has 2 aromatic heterocycles. The van der Waals surface area contributed by atoms with E-state index in [1.165, 1.54) is 12.1 Å². The van der Waals surface area contributed by atoms with Crippen molar-refractivity contribution >= 4 is 46.2 Å². The number of aliphatic hydroxyl groups excluding tert-OH is 1. The molecule has 3 rings (SSSR count). The predicted octanol–water partition coefficient (Wildman–Crippen LogP) is 2.03. The van der Waals surface area contributed by atoms with Gasteiger partial charge in [-0.2, -0.15) is 20.3 Å². The van der Waals surface area contributed by atoms with Crippen molar-refractivity contribution in [2.24, 2.45) is 0 Å². The Balaban J connectivity index is 1.97. The molecule has 26 heavy (non-hydrogen) atoms. The minimum absolute atomic E-state index is 0.0354. The number of aromatic nitrogens is 5. The van der Waals surface area contributed by atoms with E-state index in [4.69, 9.17) is 11.6 Å². The fourth-order valence-corrected chi connectivity index (χ4v) is 2.46. The van der Waals surface area contributed by atoms with Crippen molar-refractivity contribution in [3.05, 3.63) is 28.8 Å². The summed E-state index contributed by atoms with van der Waals surface area (Å²) in [6, 6.07) is 4.29. The average molecular weight is 378 g/mol. The number of hydrogen-bond donors (Lipinski definition) is 5. The maximum atomic E-state index is 11.2. The van der Waals surface area contributed by atoms with E-state index in [1.54, 1.807) is 6.07 Å². The van der Waals surface area contributed by atoms with Crippen LogP contribution in [0.4, 0.5) is 17.5 Å². The van der Waals surface area contributed by atoms with Gasteiger partial charge in [-0.05, 0) is 24.6 Å². The number of H-pyrrole nitrogens is 1. The maximum Gasteiger partial charge on any atom is 0.337 e. The average Bonchev–Trinajstić information content (AvgIpc) is 3.10. The van der Waals surface area contributed by atoms with Crippen molar-refractivity contribution in [1.29, 1.82) is 0 Å². The second-order valence-corrected chi connectivity index (χ2v) is 5.86. The quantitative estimate of drug-likeness (QED) is 0.416. The van der Waals surface area contributed by atoms with E-state index >= 15 is 0 Å². The Kier molecular flexibility index (Phi) is 5.14. The normalized spacial score (nSPS) is 12.1. The molecule has 0 aliphatic rings. The minimum Gasteiger partial charge on any atom is -0.478 e. The second kappa shape index (κ2) is 7.50. The maximum absolute atomic E-state index is 11.2. The summed E-state index contributed by atoms with van der Waals surface area (Å²) in [5.74, 6) is -0.538. The summed E-state index contributed by atoms with van der Waals surface area (Å²) in [4.78, 5) is 19.8. The number of nitrogens with one attached hydrogen (secondary N) is 3. The van der Waals surface area contributed by atoms with Crippen LogP contribution in [-0.4, -0.2) is 54.2 Å². The van der Waals surface area contributed by atoms with Crippen LogP contribution in [-0.2, 0) is 0 Å². The fourth-order valence-electron chi connectivity index (χ4n) is 2.26. The van der Waals surface area contributed by atoms with Crippen LogP contribution in [0.3, 0.4) is 0 Å². The second-order valence-electron chi connectivity index (χ2n) is 5.45. The summed E-state index contributed by atoms with van der Waals surface area (Å²) in [5, 5.41) is 35.1. The third-order valence-electron chi connectivity index (χ3n) is 3.69. The van der Waals surface area contributed by atoms with Gasteiger partial charge in [0.05, 0.1) is 23.2 Å². The number of aromatic amines is 1. The number of carboxylic acid groups (broad SMARTS) is 1. The van der Waals surface area contributed by atoms with Gasteiger partial charge in [0.15, 0.2) is 11.3 Å². The van der Waals surface area contributed by atoms with Gasteiger partial charge in [-0.3, -0.25) is 0 Å². The molecule has 0 fully saturated rings. The number of benzene rings is 1. The van der Waals surface area contributed by atoms with E-state index in [0.717, 1.165) is 0 Å². The SMILES string of the molecule is CCC(CO)Nc1nc(Nc2ccc(Cl)c(C(=O)O)c2)c2n[nH]nc2n1. The van der Waals surface area contributed by atoms with Crippen LogP contribution < -0.4 is 10.6 Å². The highest BCUT2D eigenvalue weighted by atomic mass is 35.5. The summed E-state index contributed by atoms with van der Waals surface area (Å²) >= 11 is 5.89. The van der Waals surface area contributed by atoms with Crippen LogP contribution in [0.1, 0.15) is 23.7 Å². The Labute approximate surface area is 152 Å². The highest BCUT2D eigenvalue weighted by molar-refractivity contribution is 6.33. The Morgan fingerprint density at radius 1 is 1.35 bits per heavy atom. The van der Waals surface area contributed by atoms with Crippen LogP contribution in [0.15, 0.2) is 18.2 Å². The van der Waals surface area contributed by atoms with Crippen LogP contribution in [0.2, 0.25) is 5.02 Å². The zero-order valence-electron chi connectivity index (χ0n) is 13.7. The molecule has 0 aliphatic carbocycles. The monoisotopic (exact) mass is 377 g/mol. The number of halogens is 1. The van der Waals surface area contributed by atoms with Crippen molar-refractivity contribution in [3.8, 4) is 0 Å². The molecule has 11 heteroatoms. The van der Waals surface area contributed by atoms with Crippen molar-refractivity contribution in [3.63, 3.8) is 0 Å². The standard InChI is InChI=1S/C15H16ClN7O3/c1-2-7(6-24)18-15-19-12(11-13(20-15)22-23-21-11)17-8-3-4-10(16)9(5-8)14(25)26/h3-5,7,24H,2,6H2,1H3,(H,25,26)(H3,17,18,19,20,21,22,23). The van der Waals surface area contributed by atoms with Gasteiger partial charge in [-0.1, -0.05) is 18.5 Å². The molecule has 0 aliphatic heterocycles. The Hall–Kier alpha value is -2.98. The lowest BCUT2D eigenvalue weighted by Gasteiger charge is -2.15. The molecule has 136 valence electrons. The largest absolute Gasteiger partial charge is 0.478 e. The first-order chi connectivity index (χ1) is 12.5. The molecule has 0 spiro atoms. The lowest BCUT2D eigenvalue weighted by Crippen LogP contribution is -2.24. The highest BCUT2D eigenvalue weighted by Gasteiger charge is 2.15. The van der Waals surface area contributed by atoms with Crippen LogP contribution in [0.5, 0.6) is 0 Å². The lowest BCUT2D eigenvalue weighted by atomic mass is 10.2. The third-order valence-corrected chi connectivity index (χ3v) is 4.02. The molecule has 10 nitrogen and oxygen atoms in total. The first-order valence-corrected chi connectivity index (χ1v) is 8.15. The van der Waals surface area contributed by atoms with E-state index in [0.29, 0.717) is 29.1 Å². The van der Waals surface area contributed by atoms with Gasteiger partial charge in [0.2, 0.25) is 11.6 Å². The number of aromatic carboxylic acids is 1. The molecular weight excluding hydrogens is 362 g/mol. The summed E-state index contributed by atoms with van der Waals surface area (Å²) < 4.78 is 0. The van der Waals surface area contributed by atoms with Crippen molar-refractivity contribution in [2.75, 3.05) is 17.2 Å². The summed E-state index contributed by atoms with van der Waals surface area (Å²) in [5.41, 5.74) is 1.14. The molecule has 5 N–H and O–H groups in total. The Morgan fingerprint density at radius 3 is 2.85 bits per heavy atom. The molecule has 0 saturated carbocycles. The molecular formula is C15H16ClN7O3. The Bertz CT molecular complexity index is 942. The van der Waals surface area contributed by atoms with E-state index < -0.39 is 5.97 Å². The summed E-state index contributed by atoms with van der Waals surface area (Å²) in [7, 11) is 0. The van der Waals surface area contributed by atoms with Crippen LogP contribution in [0, 0.1) is 0 Å². The van der Waals surface area contributed by atoms with E-state index in [2.05, 4.69) is 36.0 Å². The number of aliphatic hydroxyl groups is 1. The first-order valence-electron chi connectivity index (χ1n) is 7.77. The fraction of sp³-hybridized carbons (Fsp3) is 0.267. The zero-order chi connectivity index (χ0) is 18.7. The van der Waals surface area contributed by atoms with Crippen molar-refractivity contribution in [1.82, 2.24) is 25.4 Å². The molecule has 1 aromatic carbocycles. The van der Waals surface area contributed by atoms with E-state index in [-0.39, 0.29) is 29.2 Å². The van der Waals surface area contributed by atoms with Crippen molar-refractivity contribution < 1.29 is 15.0 Å². The van der Waals surface area contributed by atoms with Gasteiger partial charge in [0.1, 0.15) is 0 Å². The van der Waals surface area contributed by atoms with E-state index in [1.807, 2.05) is 6.92 Å². The molecule has 0 radical (unpaired) electrons. The zero-order valence-corrected chi connectivity index (χ0v) is 14.4. The first kappa shape index (κ1) is 17.8. The Morgan fingerprint density at radius 2 is 2.15 bits per heavy atom. The lowest BCUT2D eigenvalue weighted by molar-refractivity contribution is 0.0697. The van der Waals surface area contributed by atoms with Gasteiger partial charge in [0.25, 0.3) is 0 Å². The number of carboxylic acids is 1. The van der Waals surface area contributed by atoms with Gasteiger partial charge in [-0.25, -0.2) is 4.79 Å². The minimum atomic E-state index is -1.14. The molecule has 1 unspecified atom stereocenters. The molecule has 0 amide bonds. The van der Waals surface area contributed by atoms with Gasteiger partial charge < -0.3 is 20.8 Å². The molecule has 0 saturated heterocycles. The van der Waals surface area contributed by atoms with Gasteiger partial charge >= 0.3 is 5.97 Å². The molecule has 0 bridgehead atoms. The van der Waals surface area contributed by atoms with Crippen molar-refractivity contribution in [2.45, 2.75) is 19.4 Å². The molecule has 2 heterocycles. The molecule has 1 atom stereocenters. The highest BCUT2D eigenvalue weighted by Crippen LogP contribution is 2.26. The topological polar surface area (TPSA) is 149 Å². The van der Waals surface area contributed by atoms with Crippen LogP contribution in [0.25, 0.3) is 11.2 Å². The number of anilines is 3. The number of rotatable bonds is 7. The number of nitrogens with zero attached hydrogens (tertiary/aromatic N) is 4. The number of carbonyl (C=O) groups is 1. The van der Waals surface area contributed by atoms with Gasteiger partial charge in [0, 0.05) is 5.69 Å². The predicted molar refractivity (Wildman–Crippen MR) is 96.0 cm³/mol. The number of hydrogen-bond acceptors (Lipinski definition) is 8. The third kappa shape index (κ3) is 3.65. The summed E-state index contributed by atoms with van der Waals surface area (Å²) in [6.45, 7) is 1.85. The smallest absolute Gasteiger partial charge is 0.337 e. The van der Waals surface area contributed by atoms with E-state index in [9.17, 15) is 15.0 Å².